The molecule has 4 aliphatic carbocycles. The fraction of sp³-hybridized carbons (Fsp3) is 0.905. The van der Waals surface area contributed by atoms with Gasteiger partial charge in [0.15, 0.2) is 0 Å². The van der Waals surface area contributed by atoms with Crippen molar-refractivity contribution in [3.63, 3.8) is 0 Å². The lowest BCUT2D eigenvalue weighted by atomic mass is 9.51. The Morgan fingerprint density at radius 3 is 2.43 bits per heavy atom. The fourth-order valence-electron chi connectivity index (χ4n) is 6.24. The molecule has 2 amide bonds. The van der Waals surface area contributed by atoms with E-state index in [9.17, 15) is 14.7 Å². The zero-order valence-electron chi connectivity index (χ0n) is 17.3. The summed E-state index contributed by atoms with van der Waals surface area (Å²) in [7, 11) is 0. The summed E-state index contributed by atoms with van der Waals surface area (Å²) in [6.45, 7) is 6.96. The molecule has 158 valence electrons. The Kier molecular flexibility index (Phi) is 4.90. The average Bonchev–Trinajstić information content (AvgIpc) is 2.98. The summed E-state index contributed by atoms with van der Waals surface area (Å²) in [5.41, 5.74) is -0.897. The molecule has 5 fully saturated rings. The van der Waals surface area contributed by atoms with Crippen molar-refractivity contribution in [1.29, 1.82) is 0 Å². The minimum atomic E-state index is -0.582. The van der Waals surface area contributed by atoms with Crippen LogP contribution in [0.15, 0.2) is 0 Å². The third-order valence-electron chi connectivity index (χ3n) is 6.82. The highest BCUT2D eigenvalue weighted by Gasteiger charge is 2.58. The Morgan fingerprint density at radius 1 is 1.14 bits per heavy atom. The van der Waals surface area contributed by atoms with Gasteiger partial charge in [-0.15, -0.1) is 0 Å². The number of amides is 2. The van der Waals surface area contributed by atoms with Crippen molar-refractivity contribution in [3.8, 4) is 0 Å². The number of alkyl carbamates (subject to hydrolysis) is 1. The molecule has 5 aliphatic rings. The Morgan fingerprint density at radius 2 is 1.82 bits per heavy atom. The minimum absolute atomic E-state index is 0.00194. The normalized spacial score (nSPS) is 41.7. The van der Waals surface area contributed by atoms with Gasteiger partial charge in [-0.05, 0) is 62.2 Å². The van der Waals surface area contributed by atoms with Crippen molar-refractivity contribution in [1.82, 2.24) is 16.0 Å². The van der Waals surface area contributed by atoms with Crippen LogP contribution in [0, 0.1) is 17.3 Å². The fourth-order valence-corrected chi connectivity index (χ4v) is 6.24. The molecule has 4 saturated carbocycles. The Hall–Kier alpha value is -1.34. The van der Waals surface area contributed by atoms with Crippen LogP contribution < -0.4 is 16.0 Å². The van der Waals surface area contributed by atoms with Crippen LogP contribution in [0.2, 0.25) is 0 Å². The standard InChI is InChI=1S/C21H35N3O4/c1-19(2,3)12-28-18(26)23-15-5-16(22-10-15)17(25)24-20-6-13-4-14(7-20)9-21(27,8-13)11-20/h13-16,22,27H,4-12H2,1-3H3,(H,23,26)(H,24,25)/t13?,14?,15-,16+,20?,21?/m1/s1. The molecule has 5 rings (SSSR count). The SMILES string of the molecule is CC(C)(C)COC(=O)N[C@H]1CN[C@H](C(=O)NC23CC4CC(CC(O)(C4)C2)C3)C1. The predicted molar refractivity (Wildman–Crippen MR) is 105 cm³/mol. The van der Waals surface area contributed by atoms with Crippen LogP contribution >= 0.6 is 0 Å². The molecule has 7 nitrogen and oxygen atoms in total. The van der Waals surface area contributed by atoms with E-state index in [1.807, 2.05) is 20.8 Å². The maximum atomic E-state index is 12.9. The summed E-state index contributed by atoms with van der Waals surface area (Å²) in [5.74, 6) is 1.07. The van der Waals surface area contributed by atoms with Gasteiger partial charge in [0.2, 0.25) is 5.91 Å². The highest BCUT2D eigenvalue weighted by Crippen LogP contribution is 2.57. The van der Waals surface area contributed by atoms with Crippen LogP contribution in [-0.2, 0) is 9.53 Å². The van der Waals surface area contributed by atoms with E-state index in [-0.39, 0.29) is 28.9 Å². The number of ether oxygens (including phenoxy) is 1. The van der Waals surface area contributed by atoms with Crippen LogP contribution in [-0.4, -0.2) is 53.5 Å². The van der Waals surface area contributed by atoms with Crippen LogP contribution in [0.4, 0.5) is 4.79 Å². The van der Waals surface area contributed by atoms with Crippen LogP contribution in [0.3, 0.4) is 0 Å². The van der Waals surface area contributed by atoms with Crippen molar-refractivity contribution in [2.75, 3.05) is 13.2 Å². The van der Waals surface area contributed by atoms with Crippen molar-refractivity contribution in [3.05, 3.63) is 0 Å². The highest BCUT2D eigenvalue weighted by atomic mass is 16.5. The molecule has 1 aliphatic heterocycles. The molecule has 1 heterocycles. The monoisotopic (exact) mass is 393 g/mol. The molecule has 0 radical (unpaired) electrons. The molecule has 0 spiro atoms. The zero-order valence-corrected chi connectivity index (χ0v) is 17.3. The van der Waals surface area contributed by atoms with Gasteiger partial charge in [-0.3, -0.25) is 4.79 Å². The van der Waals surface area contributed by atoms with Crippen molar-refractivity contribution in [2.45, 2.75) is 88.9 Å². The van der Waals surface area contributed by atoms with Crippen LogP contribution in [0.1, 0.15) is 65.7 Å². The van der Waals surface area contributed by atoms with E-state index in [1.54, 1.807) is 0 Å². The summed E-state index contributed by atoms with van der Waals surface area (Å²) in [6.07, 6.45) is 5.79. The van der Waals surface area contributed by atoms with Gasteiger partial charge in [-0.2, -0.15) is 0 Å². The molecule has 4 N–H and O–H groups in total. The van der Waals surface area contributed by atoms with E-state index in [2.05, 4.69) is 16.0 Å². The number of hydrogen-bond donors (Lipinski definition) is 4. The van der Waals surface area contributed by atoms with Gasteiger partial charge in [-0.1, -0.05) is 20.8 Å². The van der Waals surface area contributed by atoms with E-state index in [0.717, 1.165) is 25.7 Å². The second-order valence-corrected chi connectivity index (χ2v) is 11.1. The molecular formula is C21H35N3O4. The lowest BCUT2D eigenvalue weighted by Gasteiger charge is -2.60. The smallest absolute Gasteiger partial charge is 0.407 e. The summed E-state index contributed by atoms with van der Waals surface area (Å²) < 4.78 is 5.26. The van der Waals surface area contributed by atoms with Crippen LogP contribution in [0.5, 0.6) is 0 Å². The quantitative estimate of drug-likeness (QED) is 0.582. The van der Waals surface area contributed by atoms with Gasteiger partial charge in [0.25, 0.3) is 0 Å². The van der Waals surface area contributed by atoms with E-state index in [4.69, 9.17) is 4.74 Å². The summed E-state index contributed by atoms with van der Waals surface area (Å²) in [4.78, 5) is 24.9. The molecule has 1 saturated heterocycles. The van der Waals surface area contributed by atoms with Gasteiger partial charge in [-0.25, -0.2) is 4.79 Å². The first-order valence-corrected chi connectivity index (χ1v) is 10.7. The molecule has 0 aromatic heterocycles. The van der Waals surface area contributed by atoms with Gasteiger partial charge in [0.05, 0.1) is 18.2 Å². The van der Waals surface area contributed by atoms with Crippen molar-refractivity contribution in [2.24, 2.45) is 17.3 Å². The maximum Gasteiger partial charge on any atom is 0.407 e. The molecule has 4 atom stereocenters. The summed E-state index contributed by atoms with van der Waals surface area (Å²) in [5, 5.41) is 20.3. The van der Waals surface area contributed by atoms with Crippen LogP contribution in [0.25, 0.3) is 0 Å². The maximum absolute atomic E-state index is 12.9. The molecule has 4 bridgehead atoms. The first-order chi connectivity index (χ1) is 13.0. The van der Waals surface area contributed by atoms with E-state index < -0.39 is 11.7 Å². The predicted octanol–water partition coefficient (Wildman–Crippen LogP) is 1.69. The first-order valence-electron chi connectivity index (χ1n) is 10.7. The Labute approximate surface area is 167 Å². The molecule has 0 aromatic rings. The highest BCUT2D eigenvalue weighted by molar-refractivity contribution is 5.83. The number of hydrogen-bond acceptors (Lipinski definition) is 5. The second-order valence-electron chi connectivity index (χ2n) is 11.1. The van der Waals surface area contributed by atoms with Gasteiger partial charge < -0.3 is 25.8 Å². The molecule has 2 unspecified atom stereocenters. The Bertz CT molecular complexity index is 630. The van der Waals surface area contributed by atoms with Gasteiger partial charge >= 0.3 is 6.09 Å². The van der Waals surface area contributed by atoms with Gasteiger partial charge in [0, 0.05) is 18.1 Å². The van der Waals surface area contributed by atoms with Crippen molar-refractivity contribution < 1.29 is 19.4 Å². The molecule has 7 heteroatoms. The van der Waals surface area contributed by atoms with Crippen molar-refractivity contribution >= 4 is 12.0 Å². The summed E-state index contributed by atoms with van der Waals surface area (Å²) in [6, 6.07) is -0.417. The lowest BCUT2D eigenvalue weighted by molar-refractivity contribution is -0.151. The van der Waals surface area contributed by atoms with E-state index in [1.165, 1.54) is 6.42 Å². The van der Waals surface area contributed by atoms with E-state index >= 15 is 0 Å². The molecule has 0 aromatic carbocycles. The minimum Gasteiger partial charge on any atom is -0.449 e. The molecular weight excluding hydrogens is 358 g/mol. The summed E-state index contributed by atoms with van der Waals surface area (Å²) >= 11 is 0. The first kappa shape index (κ1) is 20.0. The average molecular weight is 394 g/mol. The van der Waals surface area contributed by atoms with E-state index in [0.29, 0.717) is 37.8 Å². The Balaban J connectivity index is 1.28. The topological polar surface area (TPSA) is 99.7 Å². The number of carbonyl (C=O) groups is 2. The number of rotatable bonds is 4. The zero-order chi connectivity index (χ0) is 20.2. The number of nitrogens with one attached hydrogen (secondary N) is 3. The van der Waals surface area contributed by atoms with Gasteiger partial charge in [0.1, 0.15) is 0 Å². The number of carbonyl (C=O) groups excluding carboxylic acids is 2. The number of aliphatic hydroxyl groups is 1. The third-order valence-corrected chi connectivity index (χ3v) is 6.82. The lowest BCUT2D eigenvalue weighted by Crippen LogP contribution is -2.66. The second kappa shape index (κ2) is 6.87. The third kappa shape index (κ3) is 4.30. The largest absolute Gasteiger partial charge is 0.449 e. The molecule has 28 heavy (non-hydrogen) atoms.